The molecule has 0 unspecified atom stereocenters. The highest BCUT2D eigenvalue weighted by Gasteiger charge is 2.53. The van der Waals surface area contributed by atoms with Crippen LogP contribution in [0.25, 0.3) is 71.7 Å². The number of hydrogen-bond acceptors (Lipinski definition) is 1. The first-order chi connectivity index (χ1) is 28.5. The molecule has 58 heavy (non-hydrogen) atoms. The SMILES string of the molecule is c1cc(-c2ccc3oc4ccccc4c3c2)cc(-c2ccccc2-n2c3ccc(C45CC6CC(CC(C6)C4)C5)cc3c3cc(C45CC6CC(CC(C6)C4)C5)ccc32)c1. The maximum absolute atomic E-state index is 6.20. The summed E-state index contributed by atoms with van der Waals surface area (Å²) in [5, 5.41) is 5.29. The van der Waals surface area contributed by atoms with E-state index in [0.717, 1.165) is 46.7 Å². The zero-order valence-corrected chi connectivity index (χ0v) is 33.4. The molecule has 8 saturated carbocycles. The van der Waals surface area contributed by atoms with Gasteiger partial charge in [0.05, 0.1) is 16.7 Å². The molecule has 8 aliphatic carbocycles. The third kappa shape index (κ3) is 4.72. The zero-order valence-electron chi connectivity index (χ0n) is 33.4. The van der Waals surface area contributed by atoms with Crippen molar-refractivity contribution in [3.8, 4) is 27.9 Å². The molecule has 0 radical (unpaired) electrons. The summed E-state index contributed by atoms with van der Waals surface area (Å²) in [6, 6.07) is 49.0. The van der Waals surface area contributed by atoms with Gasteiger partial charge in [-0.3, -0.25) is 0 Å². The molecule has 8 aromatic rings. The number of furan rings is 1. The summed E-state index contributed by atoms with van der Waals surface area (Å²) >= 11 is 0. The Hall–Kier alpha value is -5.08. The Labute approximate surface area is 341 Å². The van der Waals surface area contributed by atoms with Crippen LogP contribution in [0.2, 0.25) is 0 Å². The molecule has 2 heteroatoms. The molecule has 0 aliphatic heterocycles. The van der Waals surface area contributed by atoms with Gasteiger partial charge in [-0.15, -0.1) is 0 Å². The monoisotopic (exact) mass is 753 g/mol. The second kappa shape index (κ2) is 11.8. The van der Waals surface area contributed by atoms with Crippen molar-refractivity contribution in [2.45, 2.75) is 87.9 Å². The van der Waals surface area contributed by atoms with Crippen molar-refractivity contribution in [2.75, 3.05) is 0 Å². The van der Waals surface area contributed by atoms with E-state index >= 15 is 0 Å². The Balaban J connectivity index is 0.940. The summed E-state index contributed by atoms with van der Waals surface area (Å²) in [4.78, 5) is 0. The minimum Gasteiger partial charge on any atom is -0.456 e. The fourth-order valence-electron chi connectivity index (χ4n) is 15.6. The largest absolute Gasteiger partial charge is 0.456 e. The quantitative estimate of drug-likeness (QED) is 0.171. The van der Waals surface area contributed by atoms with Crippen molar-refractivity contribution in [2.24, 2.45) is 35.5 Å². The molecule has 2 heterocycles. The molecule has 8 aliphatic rings. The van der Waals surface area contributed by atoms with Gasteiger partial charge >= 0.3 is 0 Å². The van der Waals surface area contributed by atoms with Crippen LogP contribution in [0.15, 0.2) is 132 Å². The fourth-order valence-corrected chi connectivity index (χ4v) is 15.6. The van der Waals surface area contributed by atoms with Crippen LogP contribution < -0.4 is 0 Å². The molecule has 6 aromatic carbocycles. The topological polar surface area (TPSA) is 18.1 Å². The van der Waals surface area contributed by atoms with Crippen molar-refractivity contribution in [3.05, 3.63) is 139 Å². The molecule has 0 N–H and O–H groups in total. The molecule has 2 nitrogen and oxygen atoms in total. The Kier molecular flexibility index (Phi) is 6.67. The van der Waals surface area contributed by atoms with E-state index in [1.54, 1.807) is 11.1 Å². The van der Waals surface area contributed by atoms with Crippen LogP contribution in [0.3, 0.4) is 0 Å². The smallest absolute Gasteiger partial charge is 0.135 e. The number of fused-ring (bicyclic) bond motifs is 6. The second-order valence-corrected chi connectivity index (χ2v) is 20.6. The molecule has 286 valence electrons. The number of aromatic nitrogens is 1. The van der Waals surface area contributed by atoms with Gasteiger partial charge in [0, 0.05) is 27.1 Å². The Morgan fingerprint density at radius 2 is 0.914 bits per heavy atom. The Morgan fingerprint density at radius 1 is 0.397 bits per heavy atom. The van der Waals surface area contributed by atoms with E-state index in [9.17, 15) is 0 Å². The van der Waals surface area contributed by atoms with Crippen molar-refractivity contribution in [3.63, 3.8) is 0 Å². The highest BCUT2D eigenvalue weighted by atomic mass is 16.3. The van der Waals surface area contributed by atoms with Crippen molar-refractivity contribution >= 4 is 43.7 Å². The van der Waals surface area contributed by atoms with Gasteiger partial charge in [0.2, 0.25) is 0 Å². The van der Waals surface area contributed by atoms with Gasteiger partial charge in [0.25, 0.3) is 0 Å². The lowest BCUT2D eigenvalue weighted by Gasteiger charge is -2.57. The van der Waals surface area contributed by atoms with Gasteiger partial charge in [-0.2, -0.15) is 0 Å². The number of rotatable bonds is 5. The standard InChI is InChI=1S/C56H51NO/c1-3-10-50(45(8-1)42-7-5-6-40(24-42)41-12-17-54-49(25-41)46-9-2-4-11-53(46)58-54)57-51-15-13-43(55-28-34-18-35(29-55)20-36(19-34)30-55)26-47(51)48-27-44(14-16-52(48)57)56-31-37-21-38(32-56)23-39(22-37)33-56/h1-17,24-27,34-39H,18-23,28-33H2. The van der Waals surface area contributed by atoms with Crippen LogP contribution in [-0.2, 0) is 10.8 Å². The molecule has 0 spiro atoms. The van der Waals surface area contributed by atoms with Gasteiger partial charge in [-0.1, -0.05) is 72.8 Å². The first-order valence-electron chi connectivity index (χ1n) is 22.7. The van der Waals surface area contributed by atoms with Crippen LogP contribution >= 0.6 is 0 Å². The van der Waals surface area contributed by atoms with E-state index in [1.807, 2.05) is 6.07 Å². The molecule has 0 amide bonds. The minimum atomic E-state index is 0.374. The van der Waals surface area contributed by atoms with E-state index < -0.39 is 0 Å². The fraction of sp³-hybridized carbons (Fsp3) is 0.357. The van der Waals surface area contributed by atoms with Crippen molar-refractivity contribution in [1.82, 2.24) is 4.57 Å². The Morgan fingerprint density at radius 3 is 1.53 bits per heavy atom. The van der Waals surface area contributed by atoms with Gasteiger partial charge < -0.3 is 8.98 Å². The third-order valence-corrected chi connectivity index (χ3v) is 17.1. The summed E-state index contributed by atoms with van der Waals surface area (Å²) < 4.78 is 8.82. The predicted molar refractivity (Wildman–Crippen MR) is 239 cm³/mol. The first-order valence-corrected chi connectivity index (χ1v) is 22.7. The summed E-state index contributed by atoms with van der Waals surface area (Å²) in [5.41, 5.74) is 14.8. The first kappa shape index (κ1) is 32.8. The average Bonchev–Trinajstić information content (AvgIpc) is 3.77. The highest BCUT2D eigenvalue weighted by molar-refractivity contribution is 6.10. The summed E-state index contributed by atoms with van der Waals surface area (Å²) in [5.74, 6) is 5.64. The van der Waals surface area contributed by atoms with Crippen LogP contribution in [0.1, 0.15) is 88.2 Å². The van der Waals surface area contributed by atoms with Gasteiger partial charge in [-0.05, 0) is 206 Å². The van der Waals surface area contributed by atoms with Crippen LogP contribution in [-0.4, -0.2) is 4.57 Å². The van der Waals surface area contributed by atoms with E-state index in [-0.39, 0.29) is 0 Å². The normalized spacial score (nSPS) is 30.8. The summed E-state index contributed by atoms with van der Waals surface area (Å²) in [6.07, 6.45) is 17.4. The molecular formula is C56H51NO. The molecule has 0 atom stereocenters. The van der Waals surface area contributed by atoms with Gasteiger partial charge in [0.1, 0.15) is 11.2 Å². The lowest BCUT2D eigenvalue weighted by atomic mass is 9.48. The third-order valence-electron chi connectivity index (χ3n) is 17.1. The molecule has 2 aromatic heterocycles. The van der Waals surface area contributed by atoms with E-state index in [0.29, 0.717) is 10.8 Å². The zero-order chi connectivity index (χ0) is 37.7. The summed E-state index contributed by atoms with van der Waals surface area (Å²) in [7, 11) is 0. The van der Waals surface area contributed by atoms with Crippen LogP contribution in [0.4, 0.5) is 0 Å². The Bertz CT molecular complexity index is 2820. The maximum atomic E-state index is 6.20. The van der Waals surface area contributed by atoms with Gasteiger partial charge in [-0.25, -0.2) is 0 Å². The number of nitrogens with zero attached hydrogens (tertiary/aromatic N) is 1. The van der Waals surface area contributed by atoms with Crippen molar-refractivity contribution in [1.29, 1.82) is 0 Å². The predicted octanol–water partition coefficient (Wildman–Crippen LogP) is 15.0. The highest BCUT2D eigenvalue weighted by Crippen LogP contribution is 2.62. The van der Waals surface area contributed by atoms with E-state index in [1.165, 1.54) is 138 Å². The molecule has 8 bridgehead atoms. The van der Waals surface area contributed by atoms with Crippen LogP contribution in [0.5, 0.6) is 0 Å². The number of para-hydroxylation sites is 2. The molecule has 8 fully saturated rings. The van der Waals surface area contributed by atoms with E-state index in [4.69, 9.17) is 4.42 Å². The minimum absolute atomic E-state index is 0.374. The lowest BCUT2D eigenvalue weighted by molar-refractivity contribution is -0.00528. The molecule has 16 rings (SSSR count). The molecule has 0 saturated heterocycles. The van der Waals surface area contributed by atoms with Crippen molar-refractivity contribution < 1.29 is 4.42 Å². The maximum Gasteiger partial charge on any atom is 0.135 e. The summed E-state index contributed by atoms with van der Waals surface area (Å²) in [6.45, 7) is 0. The molecular weight excluding hydrogens is 703 g/mol. The second-order valence-electron chi connectivity index (χ2n) is 20.6. The number of hydrogen-bond donors (Lipinski definition) is 0. The van der Waals surface area contributed by atoms with Gasteiger partial charge in [0.15, 0.2) is 0 Å². The lowest BCUT2D eigenvalue weighted by Crippen LogP contribution is -2.48. The van der Waals surface area contributed by atoms with Crippen LogP contribution in [0, 0.1) is 35.5 Å². The average molecular weight is 754 g/mol. The van der Waals surface area contributed by atoms with E-state index in [2.05, 4.69) is 126 Å². The number of benzene rings is 6.